The summed E-state index contributed by atoms with van der Waals surface area (Å²) in [4.78, 5) is 0. The van der Waals surface area contributed by atoms with Crippen LogP contribution in [0.25, 0.3) is 0 Å². The highest BCUT2D eigenvalue weighted by atomic mass is 14.2. The molecule has 0 amide bonds. The van der Waals surface area contributed by atoms with Crippen molar-refractivity contribution in [2.24, 2.45) is 5.92 Å². The zero-order valence-electron chi connectivity index (χ0n) is 6.68. The molecule has 0 bridgehead atoms. The highest BCUT2D eigenvalue weighted by molar-refractivity contribution is 4.69. The molecule has 1 radical (unpaired) electrons. The normalized spacial score (nSPS) is 19.6. The second kappa shape index (κ2) is 4.54. The van der Waals surface area contributed by atoms with Crippen molar-refractivity contribution in [2.75, 3.05) is 0 Å². The molecule has 1 aliphatic rings. The lowest BCUT2D eigenvalue weighted by molar-refractivity contribution is 0.486. The fourth-order valence-corrected chi connectivity index (χ4v) is 1.82. The second-order valence-electron chi connectivity index (χ2n) is 3.32. The minimum Gasteiger partial charge on any atom is -0.0845 e. The van der Waals surface area contributed by atoms with Gasteiger partial charge in [-0.3, -0.25) is 0 Å². The Labute approximate surface area is 64.3 Å². The summed E-state index contributed by atoms with van der Waals surface area (Å²) < 4.78 is 0. The van der Waals surface area contributed by atoms with Gasteiger partial charge >= 0.3 is 0 Å². The van der Waals surface area contributed by atoms with Crippen LogP contribution in [0.3, 0.4) is 0 Å². The molecule has 1 saturated carbocycles. The summed E-state index contributed by atoms with van der Waals surface area (Å²) in [6.45, 7) is 5.29. The molecule has 0 N–H and O–H groups in total. The van der Waals surface area contributed by atoms with E-state index in [1.54, 1.807) is 6.08 Å². The monoisotopic (exact) mass is 137 g/mol. The van der Waals surface area contributed by atoms with Crippen LogP contribution in [0, 0.1) is 12.5 Å². The first-order valence-electron chi connectivity index (χ1n) is 4.47. The van der Waals surface area contributed by atoms with E-state index in [2.05, 4.69) is 0 Å². The third-order valence-corrected chi connectivity index (χ3v) is 2.46. The van der Waals surface area contributed by atoms with Gasteiger partial charge in [-0.25, -0.2) is 0 Å². The molecule has 1 fully saturated rings. The van der Waals surface area contributed by atoms with Crippen LogP contribution in [0.2, 0.25) is 0 Å². The smallest absolute Gasteiger partial charge is 0.0348 e. The van der Waals surface area contributed by atoms with Crippen LogP contribution >= 0.6 is 0 Å². The van der Waals surface area contributed by atoms with Gasteiger partial charge in [0.1, 0.15) is 0 Å². The van der Waals surface area contributed by atoms with Crippen molar-refractivity contribution >= 4 is 0 Å². The fourth-order valence-electron chi connectivity index (χ4n) is 1.82. The highest BCUT2D eigenvalue weighted by Crippen LogP contribution is 2.28. The average molecular weight is 137 g/mol. The molecule has 1 rings (SSSR count). The SMILES string of the molecule is [CH]=CCCCC1CCCC1. The van der Waals surface area contributed by atoms with Crippen LogP contribution in [-0.2, 0) is 0 Å². The van der Waals surface area contributed by atoms with Crippen LogP contribution in [0.15, 0.2) is 6.08 Å². The predicted octanol–water partition coefficient (Wildman–Crippen LogP) is 3.34. The number of hydrogen-bond donors (Lipinski definition) is 0. The van der Waals surface area contributed by atoms with E-state index < -0.39 is 0 Å². The average Bonchev–Trinajstić information content (AvgIpc) is 2.41. The predicted molar refractivity (Wildman–Crippen MR) is 44.7 cm³/mol. The molecular weight excluding hydrogens is 120 g/mol. The molecule has 0 aliphatic heterocycles. The van der Waals surface area contributed by atoms with Gasteiger partial charge in [0.25, 0.3) is 0 Å². The van der Waals surface area contributed by atoms with E-state index in [1.165, 1.54) is 38.5 Å². The molecule has 0 aromatic heterocycles. The zero-order chi connectivity index (χ0) is 7.23. The quantitative estimate of drug-likeness (QED) is 0.521. The first-order valence-corrected chi connectivity index (χ1v) is 4.47. The lowest BCUT2D eigenvalue weighted by Gasteiger charge is -2.05. The molecule has 1 aliphatic carbocycles. The van der Waals surface area contributed by atoms with Gasteiger partial charge in [0, 0.05) is 0 Å². The van der Waals surface area contributed by atoms with Crippen LogP contribution in [-0.4, -0.2) is 0 Å². The summed E-state index contributed by atoms with van der Waals surface area (Å²) in [6.07, 6.45) is 11.5. The number of rotatable bonds is 4. The molecule has 0 spiro atoms. The van der Waals surface area contributed by atoms with Gasteiger partial charge in [-0.1, -0.05) is 44.8 Å². The summed E-state index contributed by atoms with van der Waals surface area (Å²) >= 11 is 0. The van der Waals surface area contributed by atoms with E-state index in [0.717, 1.165) is 12.3 Å². The third-order valence-electron chi connectivity index (χ3n) is 2.46. The van der Waals surface area contributed by atoms with Gasteiger partial charge in [-0.05, 0) is 18.8 Å². The summed E-state index contributed by atoms with van der Waals surface area (Å²) in [6, 6.07) is 0. The summed E-state index contributed by atoms with van der Waals surface area (Å²) in [5.41, 5.74) is 0. The molecular formula is C10H17. The van der Waals surface area contributed by atoms with Gasteiger partial charge in [0.15, 0.2) is 0 Å². The molecule has 10 heavy (non-hydrogen) atoms. The molecule has 0 heterocycles. The standard InChI is InChI=1S/C10H17/c1-2-3-4-7-10-8-5-6-9-10/h1-2,10H,3-9H2. The summed E-state index contributed by atoms with van der Waals surface area (Å²) in [7, 11) is 0. The van der Waals surface area contributed by atoms with Gasteiger partial charge in [0.2, 0.25) is 0 Å². The Balaban J connectivity index is 1.96. The fraction of sp³-hybridized carbons (Fsp3) is 0.800. The van der Waals surface area contributed by atoms with Gasteiger partial charge < -0.3 is 0 Å². The zero-order valence-corrected chi connectivity index (χ0v) is 6.68. The van der Waals surface area contributed by atoms with Crippen LogP contribution in [0.5, 0.6) is 0 Å². The largest absolute Gasteiger partial charge is 0.0845 e. The Hall–Kier alpha value is -0.260. The Morgan fingerprint density at radius 1 is 1.30 bits per heavy atom. The maximum Gasteiger partial charge on any atom is -0.0348 e. The molecule has 0 saturated heterocycles. The summed E-state index contributed by atoms with van der Waals surface area (Å²) in [5, 5.41) is 0. The number of hydrogen-bond acceptors (Lipinski definition) is 0. The molecule has 0 unspecified atom stereocenters. The molecule has 0 heteroatoms. The Kier molecular flexibility index (Phi) is 3.56. The highest BCUT2D eigenvalue weighted by Gasteiger charge is 2.13. The number of unbranched alkanes of at least 4 members (excludes halogenated alkanes) is 1. The maximum atomic E-state index is 5.29. The van der Waals surface area contributed by atoms with Gasteiger partial charge in [-0.2, -0.15) is 0 Å². The van der Waals surface area contributed by atoms with E-state index >= 15 is 0 Å². The van der Waals surface area contributed by atoms with Crippen molar-refractivity contribution in [3.05, 3.63) is 12.7 Å². The van der Waals surface area contributed by atoms with E-state index in [4.69, 9.17) is 6.58 Å². The van der Waals surface area contributed by atoms with Crippen molar-refractivity contribution in [2.45, 2.75) is 44.9 Å². The first-order chi connectivity index (χ1) is 4.93. The molecule has 0 atom stereocenters. The van der Waals surface area contributed by atoms with E-state index in [9.17, 15) is 0 Å². The van der Waals surface area contributed by atoms with E-state index in [0.29, 0.717) is 0 Å². The molecule has 0 aromatic carbocycles. The minimum absolute atomic E-state index is 1.04. The van der Waals surface area contributed by atoms with Crippen molar-refractivity contribution in [3.63, 3.8) is 0 Å². The Morgan fingerprint density at radius 2 is 2.00 bits per heavy atom. The van der Waals surface area contributed by atoms with Crippen molar-refractivity contribution in [3.8, 4) is 0 Å². The molecule has 57 valence electrons. The molecule has 0 aromatic rings. The van der Waals surface area contributed by atoms with Crippen molar-refractivity contribution in [1.29, 1.82) is 0 Å². The topological polar surface area (TPSA) is 0 Å². The lowest BCUT2D eigenvalue weighted by atomic mass is 10.0. The van der Waals surface area contributed by atoms with Crippen LogP contribution in [0.1, 0.15) is 44.9 Å². The van der Waals surface area contributed by atoms with Crippen molar-refractivity contribution in [1.82, 2.24) is 0 Å². The van der Waals surface area contributed by atoms with E-state index in [1.807, 2.05) is 0 Å². The maximum absolute atomic E-state index is 5.29. The van der Waals surface area contributed by atoms with Crippen LogP contribution < -0.4 is 0 Å². The molecule has 0 nitrogen and oxygen atoms in total. The second-order valence-corrected chi connectivity index (χ2v) is 3.32. The summed E-state index contributed by atoms with van der Waals surface area (Å²) in [5.74, 6) is 1.04. The Morgan fingerprint density at radius 3 is 2.60 bits per heavy atom. The van der Waals surface area contributed by atoms with E-state index in [-0.39, 0.29) is 0 Å². The Bertz CT molecular complexity index is 88.2. The van der Waals surface area contributed by atoms with Crippen molar-refractivity contribution < 1.29 is 0 Å². The van der Waals surface area contributed by atoms with Crippen LogP contribution in [0.4, 0.5) is 0 Å². The van der Waals surface area contributed by atoms with Gasteiger partial charge in [0.05, 0.1) is 0 Å². The van der Waals surface area contributed by atoms with Gasteiger partial charge in [-0.15, -0.1) is 0 Å². The third kappa shape index (κ3) is 2.55. The number of allylic oxidation sites excluding steroid dienone is 1. The first kappa shape index (κ1) is 7.84. The lowest BCUT2D eigenvalue weighted by Crippen LogP contribution is -1.91. The minimum atomic E-state index is 1.04.